The quantitative estimate of drug-likeness (QED) is 0.728. The van der Waals surface area contributed by atoms with Crippen molar-refractivity contribution in [2.75, 3.05) is 24.6 Å². The van der Waals surface area contributed by atoms with Gasteiger partial charge in [0.05, 0.1) is 18.6 Å². The molecule has 5 fully saturated rings. The van der Waals surface area contributed by atoms with Crippen LogP contribution in [0.3, 0.4) is 0 Å². The number of ether oxygens (including phenoxy) is 1. The van der Waals surface area contributed by atoms with E-state index >= 15 is 0 Å². The molecule has 0 aromatic heterocycles. The molecule has 1 amide bonds. The van der Waals surface area contributed by atoms with Gasteiger partial charge in [-0.15, -0.1) is 0 Å². The average Bonchev–Trinajstić information content (AvgIpc) is 3.10. The zero-order chi connectivity index (χ0) is 16.3. The van der Waals surface area contributed by atoms with Gasteiger partial charge in [0.15, 0.2) is 0 Å². The summed E-state index contributed by atoms with van der Waals surface area (Å²) in [5.74, 6) is 2.34. The van der Waals surface area contributed by atoms with E-state index < -0.39 is 0 Å². The third kappa shape index (κ3) is 1.37. The predicted molar refractivity (Wildman–Crippen MR) is 93.4 cm³/mol. The second-order valence-corrected chi connectivity index (χ2v) is 9.17. The number of piperidine rings is 2. The molecule has 1 aromatic carbocycles. The van der Waals surface area contributed by atoms with Crippen molar-refractivity contribution in [3.8, 4) is 0 Å². The van der Waals surface area contributed by atoms with E-state index in [1.165, 1.54) is 43.6 Å². The molecule has 1 aromatic rings. The number of benzene rings is 1. The number of para-hydroxylation sites is 1. The molecule has 0 unspecified atom stereocenters. The lowest BCUT2D eigenvalue weighted by molar-refractivity contribution is -0.134. The lowest BCUT2D eigenvalue weighted by Crippen LogP contribution is -2.70. The Kier molecular flexibility index (Phi) is 2.36. The maximum Gasteiger partial charge on any atom is 0.229 e. The molecule has 1 spiro atoms. The van der Waals surface area contributed by atoms with Crippen LogP contribution in [0.1, 0.15) is 31.2 Å². The largest absolute Gasteiger partial charge is 0.377 e. The number of anilines is 1. The van der Waals surface area contributed by atoms with E-state index in [0.29, 0.717) is 30.3 Å². The molecule has 5 aliphatic heterocycles. The summed E-state index contributed by atoms with van der Waals surface area (Å²) in [7, 11) is 0. The van der Waals surface area contributed by atoms with E-state index in [4.69, 9.17) is 4.74 Å². The van der Waals surface area contributed by atoms with Crippen molar-refractivity contribution >= 4 is 11.6 Å². The highest BCUT2D eigenvalue weighted by Gasteiger charge is 2.71. The van der Waals surface area contributed by atoms with Gasteiger partial charge in [-0.2, -0.15) is 0 Å². The van der Waals surface area contributed by atoms with Gasteiger partial charge in [0, 0.05) is 36.2 Å². The Morgan fingerprint density at radius 1 is 1.24 bits per heavy atom. The minimum atomic E-state index is 0.156. The molecule has 4 heteroatoms. The highest BCUT2D eigenvalue weighted by atomic mass is 16.5. The number of carbonyl (C=O) groups excluding carboxylic acids is 1. The molecule has 4 saturated heterocycles. The third-order valence-electron chi connectivity index (χ3n) is 8.64. The van der Waals surface area contributed by atoms with Gasteiger partial charge in [0.2, 0.25) is 5.91 Å². The molecule has 1 aliphatic carbocycles. The van der Waals surface area contributed by atoms with Gasteiger partial charge in [0.1, 0.15) is 0 Å². The van der Waals surface area contributed by atoms with Crippen molar-refractivity contribution in [1.29, 1.82) is 0 Å². The Balaban J connectivity index is 1.53. The fraction of sp³-hybridized carbons (Fsp3) is 0.667. The van der Waals surface area contributed by atoms with Crippen LogP contribution in [-0.4, -0.2) is 48.7 Å². The van der Waals surface area contributed by atoms with Crippen molar-refractivity contribution in [1.82, 2.24) is 4.90 Å². The first-order valence-corrected chi connectivity index (χ1v) is 10.1. The maximum absolute atomic E-state index is 13.2. The normalized spacial score (nSPS) is 49.1. The molecule has 4 nitrogen and oxygen atoms in total. The summed E-state index contributed by atoms with van der Waals surface area (Å²) >= 11 is 0. The summed E-state index contributed by atoms with van der Waals surface area (Å²) in [6.07, 6.45) is 4.46. The van der Waals surface area contributed by atoms with Crippen LogP contribution >= 0.6 is 0 Å². The minimum absolute atomic E-state index is 0.156. The monoisotopic (exact) mass is 336 g/mol. The molecule has 1 saturated carbocycles. The third-order valence-corrected chi connectivity index (χ3v) is 8.64. The molecule has 130 valence electrons. The van der Waals surface area contributed by atoms with Crippen molar-refractivity contribution in [2.45, 2.75) is 49.3 Å². The number of rotatable bonds is 0. The fourth-order valence-corrected chi connectivity index (χ4v) is 7.96. The first kappa shape index (κ1) is 13.8. The molecule has 25 heavy (non-hydrogen) atoms. The van der Waals surface area contributed by atoms with Gasteiger partial charge in [-0.05, 0) is 49.3 Å². The van der Waals surface area contributed by atoms with Gasteiger partial charge < -0.3 is 9.64 Å². The van der Waals surface area contributed by atoms with Crippen molar-refractivity contribution < 1.29 is 9.53 Å². The number of hydrogen-bond acceptors (Lipinski definition) is 3. The van der Waals surface area contributed by atoms with E-state index in [2.05, 4.69) is 34.1 Å². The highest BCUT2D eigenvalue weighted by Crippen LogP contribution is 2.66. The average molecular weight is 336 g/mol. The Labute approximate surface area is 148 Å². The number of carbonyl (C=O) groups is 1. The molecular weight excluding hydrogens is 312 g/mol. The molecule has 7 atom stereocenters. The Morgan fingerprint density at radius 3 is 3.12 bits per heavy atom. The second kappa shape index (κ2) is 4.29. The number of amides is 1. The van der Waals surface area contributed by atoms with Gasteiger partial charge >= 0.3 is 0 Å². The lowest BCUT2D eigenvalue weighted by Gasteiger charge is -2.59. The van der Waals surface area contributed by atoms with E-state index in [0.717, 1.165) is 18.4 Å². The van der Waals surface area contributed by atoms with E-state index in [1.807, 2.05) is 0 Å². The van der Waals surface area contributed by atoms with Crippen LogP contribution in [0.15, 0.2) is 24.3 Å². The summed E-state index contributed by atoms with van der Waals surface area (Å²) in [4.78, 5) is 18.2. The molecule has 0 N–H and O–H groups in total. The van der Waals surface area contributed by atoms with Crippen molar-refractivity contribution in [3.05, 3.63) is 29.8 Å². The van der Waals surface area contributed by atoms with Crippen LogP contribution < -0.4 is 4.90 Å². The summed E-state index contributed by atoms with van der Waals surface area (Å²) in [5, 5.41) is 0. The SMILES string of the molecule is O=C1C[C@@H]2OCC[C@@H]3CN4CC[C@]56c7ccccc7N1[C@@H]5[C@H]2[C@H]3C[C@@H]46. The van der Waals surface area contributed by atoms with Crippen LogP contribution in [0, 0.1) is 17.8 Å². The van der Waals surface area contributed by atoms with Gasteiger partial charge in [-0.3, -0.25) is 9.69 Å². The summed E-state index contributed by atoms with van der Waals surface area (Å²) < 4.78 is 6.33. The Hall–Kier alpha value is -1.39. The van der Waals surface area contributed by atoms with E-state index in [-0.39, 0.29) is 11.5 Å². The van der Waals surface area contributed by atoms with Crippen LogP contribution in [0.2, 0.25) is 0 Å². The van der Waals surface area contributed by atoms with Crippen LogP contribution in [0.5, 0.6) is 0 Å². The Bertz CT molecular complexity index is 794. The first-order chi connectivity index (χ1) is 12.3. The van der Waals surface area contributed by atoms with Crippen LogP contribution in [0.4, 0.5) is 5.69 Å². The fourth-order valence-electron chi connectivity index (χ4n) is 7.96. The molecule has 6 aliphatic rings. The first-order valence-electron chi connectivity index (χ1n) is 10.1. The van der Waals surface area contributed by atoms with E-state index in [1.54, 1.807) is 0 Å². The van der Waals surface area contributed by atoms with Gasteiger partial charge in [0.25, 0.3) is 0 Å². The lowest BCUT2D eigenvalue weighted by atomic mass is 9.52. The molecule has 7 rings (SSSR count). The standard InChI is InChI=1S/C21H24N2O2/c24-18-10-16-19-13-9-17-21(6-7-22(17)11-12(13)5-8-25-16)14-3-1-2-4-15(14)23(18)20(19)21/h1-4,12-13,16-17,19-20H,5-11H2/t12-,13+,16+,17-,19+,20-,21-/m1/s1. The maximum atomic E-state index is 13.2. The van der Waals surface area contributed by atoms with E-state index in [9.17, 15) is 4.79 Å². The molecule has 2 bridgehead atoms. The molecular formula is C21H24N2O2. The smallest absolute Gasteiger partial charge is 0.229 e. The van der Waals surface area contributed by atoms with Gasteiger partial charge in [-0.1, -0.05) is 18.2 Å². The Morgan fingerprint density at radius 2 is 2.16 bits per heavy atom. The zero-order valence-corrected chi connectivity index (χ0v) is 14.4. The zero-order valence-electron chi connectivity index (χ0n) is 14.4. The number of nitrogens with zero attached hydrogens (tertiary/aromatic N) is 2. The van der Waals surface area contributed by atoms with Crippen LogP contribution in [0.25, 0.3) is 0 Å². The van der Waals surface area contributed by atoms with Crippen LogP contribution in [-0.2, 0) is 14.9 Å². The topological polar surface area (TPSA) is 32.8 Å². The van der Waals surface area contributed by atoms with Crippen molar-refractivity contribution in [3.63, 3.8) is 0 Å². The number of fused-ring (bicyclic) bond motifs is 2. The predicted octanol–water partition coefficient (Wildman–Crippen LogP) is 2.17. The summed E-state index contributed by atoms with van der Waals surface area (Å²) in [6.45, 7) is 3.31. The highest BCUT2D eigenvalue weighted by molar-refractivity contribution is 5.99. The van der Waals surface area contributed by atoms with Gasteiger partial charge in [-0.25, -0.2) is 0 Å². The van der Waals surface area contributed by atoms with Crippen molar-refractivity contribution in [2.24, 2.45) is 17.8 Å². The number of hydrogen-bond donors (Lipinski definition) is 0. The summed E-state index contributed by atoms with van der Waals surface area (Å²) in [6, 6.07) is 9.78. The molecule has 0 radical (unpaired) electrons. The second-order valence-electron chi connectivity index (χ2n) is 9.17. The minimum Gasteiger partial charge on any atom is -0.377 e. The summed E-state index contributed by atoms with van der Waals surface area (Å²) in [5.41, 5.74) is 2.83. The molecule has 5 heterocycles.